The van der Waals surface area contributed by atoms with Crippen LogP contribution in [0.4, 0.5) is 23.0 Å². The molecule has 0 fully saturated rings. The van der Waals surface area contributed by atoms with Crippen LogP contribution < -0.4 is 15.5 Å². The number of nitrogens with one attached hydrogen (secondary N) is 2. The number of carbonyl (C=O) groups is 1. The predicted octanol–water partition coefficient (Wildman–Crippen LogP) is 5.42. The molecule has 2 aromatic heterocycles. The second-order valence-corrected chi connectivity index (χ2v) is 7.62. The van der Waals surface area contributed by atoms with Gasteiger partial charge in [0.25, 0.3) is 5.91 Å². The maximum Gasteiger partial charge on any atom is 0.255 e. The first-order valence-corrected chi connectivity index (χ1v) is 11.1. The summed E-state index contributed by atoms with van der Waals surface area (Å²) in [5.41, 5.74) is 3.22. The lowest BCUT2D eigenvalue weighted by Crippen LogP contribution is -2.23. The molecule has 2 heterocycles. The minimum absolute atomic E-state index is 0.148. The second kappa shape index (κ2) is 9.99. The zero-order valence-corrected chi connectivity index (χ0v) is 19.1. The largest absolute Gasteiger partial charge is 0.357 e. The van der Waals surface area contributed by atoms with E-state index in [9.17, 15) is 4.79 Å². The minimum atomic E-state index is -0.148. The maximum atomic E-state index is 12.6. The van der Waals surface area contributed by atoms with Crippen LogP contribution in [0.15, 0.2) is 79.1 Å². The molecule has 7 heteroatoms. The third-order valence-corrected chi connectivity index (χ3v) is 5.36. The van der Waals surface area contributed by atoms with Crippen LogP contribution in [0.5, 0.6) is 0 Å². The molecule has 7 nitrogen and oxygen atoms in total. The van der Waals surface area contributed by atoms with Gasteiger partial charge in [-0.15, -0.1) is 0 Å². The molecule has 168 valence electrons. The van der Waals surface area contributed by atoms with E-state index in [0.29, 0.717) is 11.4 Å². The monoisotopic (exact) mass is 440 g/mol. The lowest BCUT2D eigenvalue weighted by molar-refractivity contribution is 0.102. The molecule has 0 bridgehead atoms. The Balaban J connectivity index is 1.41. The van der Waals surface area contributed by atoms with Crippen LogP contribution in [0.1, 0.15) is 30.0 Å². The van der Waals surface area contributed by atoms with Gasteiger partial charge in [-0.25, -0.2) is 9.97 Å². The van der Waals surface area contributed by atoms with Gasteiger partial charge in [-0.1, -0.05) is 0 Å². The van der Waals surface area contributed by atoms with Crippen LogP contribution in [0.2, 0.25) is 0 Å². The van der Waals surface area contributed by atoms with E-state index in [1.54, 1.807) is 0 Å². The van der Waals surface area contributed by atoms with Crippen molar-refractivity contribution in [1.29, 1.82) is 0 Å². The highest BCUT2D eigenvalue weighted by Gasteiger charge is 2.09. The van der Waals surface area contributed by atoms with Gasteiger partial charge in [-0.05, 0) is 81.4 Å². The van der Waals surface area contributed by atoms with Gasteiger partial charge in [0.1, 0.15) is 17.5 Å². The first-order chi connectivity index (χ1) is 16.1. The Hall–Kier alpha value is -4.13. The van der Waals surface area contributed by atoms with Gasteiger partial charge in [0.2, 0.25) is 0 Å². The standard InChI is InChI=1S/C26H28N6O/c1-4-31(5-2)25-18-24(27-19(3)28-25)29-21-10-12-22(13-11-21)30-26(33)20-8-14-23(15-9-20)32-16-6-7-17-32/h6-18H,4-5H2,1-3H3,(H,30,33)(H,27,28,29). The van der Waals surface area contributed by atoms with Crippen LogP contribution in [0.25, 0.3) is 5.69 Å². The van der Waals surface area contributed by atoms with Crippen molar-refractivity contribution in [2.24, 2.45) is 0 Å². The van der Waals surface area contributed by atoms with Crippen molar-refractivity contribution in [1.82, 2.24) is 14.5 Å². The van der Waals surface area contributed by atoms with Crippen LogP contribution in [0, 0.1) is 6.92 Å². The number of hydrogen-bond donors (Lipinski definition) is 2. The fraction of sp³-hybridized carbons (Fsp3) is 0.192. The summed E-state index contributed by atoms with van der Waals surface area (Å²) in [7, 11) is 0. The number of nitrogens with zero attached hydrogens (tertiary/aromatic N) is 4. The van der Waals surface area contributed by atoms with E-state index in [0.717, 1.165) is 41.8 Å². The van der Waals surface area contributed by atoms with Gasteiger partial charge in [0, 0.05) is 54.2 Å². The molecule has 4 rings (SSSR count). The van der Waals surface area contributed by atoms with E-state index >= 15 is 0 Å². The summed E-state index contributed by atoms with van der Waals surface area (Å²) in [6.45, 7) is 7.88. The van der Waals surface area contributed by atoms with Crippen molar-refractivity contribution in [2.45, 2.75) is 20.8 Å². The fourth-order valence-corrected chi connectivity index (χ4v) is 3.61. The number of aryl methyl sites for hydroxylation is 1. The average Bonchev–Trinajstić information content (AvgIpc) is 3.36. The van der Waals surface area contributed by atoms with Crippen molar-refractivity contribution >= 4 is 28.9 Å². The van der Waals surface area contributed by atoms with Gasteiger partial charge in [-0.2, -0.15) is 0 Å². The molecule has 0 aliphatic heterocycles. The summed E-state index contributed by atoms with van der Waals surface area (Å²) >= 11 is 0. The summed E-state index contributed by atoms with van der Waals surface area (Å²) in [4.78, 5) is 23.8. The molecule has 0 aliphatic rings. The third kappa shape index (κ3) is 5.38. The van der Waals surface area contributed by atoms with Gasteiger partial charge in [0.15, 0.2) is 0 Å². The van der Waals surface area contributed by atoms with E-state index in [1.165, 1.54) is 0 Å². The Morgan fingerprint density at radius 1 is 0.909 bits per heavy atom. The van der Waals surface area contributed by atoms with Gasteiger partial charge in [0.05, 0.1) is 0 Å². The summed E-state index contributed by atoms with van der Waals surface area (Å²) in [5, 5.41) is 6.27. The molecule has 0 atom stereocenters. The van der Waals surface area contributed by atoms with E-state index in [1.807, 2.05) is 90.6 Å². The van der Waals surface area contributed by atoms with E-state index < -0.39 is 0 Å². The Labute approximate surface area is 194 Å². The normalized spacial score (nSPS) is 10.6. The predicted molar refractivity (Wildman–Crippen MR) is 134 cm³/mol. The first kappa shape index (κ1) is 22.1. The lowest BCUT2D eigenvalue weighted by atomic mass is 10.2. The number of aromatic nitrogens is 3. The summed E-state index contributed by atoms with van der Waals surface area (Å²) in [5.74, 6) is 2.21. The summed E-state index contributed by atoms with van der Waals surface area (Å²) < 4.78 is 2.00. The molecule has 0 radical (unpaired) electrons. The zero-order chi connectivity index (χ0) is 23.2. The fourth-order valence-electron chi connectivity index (χ4n) is 3.61. The summed E-state index contributed by atoms with van der Waals surface area (Å²) in [6, 6.07) is 21.0. The molecule has 0 unspecified atom stereocenters. The van der Waals surface area contributed by atoms with Gasteiger partial charge in [-0.3, -0.25) is 4.79 Å². The molecule has 0 spiro atoms. The van der Waals surface area contributed by atoms with Crippen LogP contribution in [0.3, 0.4) is 0 Å². The molecule has 2 aromatic carbocycles. The van der Waals surface area contributed by atoms with Crippen molar-refractivity contribution in [3.63, 3.8) is 0 Å². The highest BCUT2D eigenvalue weighted by Crippen LogP contribution is 2.22. The van der Waals surface area contributed by atoms with Crippen molar-refractivity contribution in [3.05, 3.63) is 90.5 Å². The molecule has 33 heavy (non-hydrogen) atoms. The van der Waals surface area contributed by atoms with E-state index in [4.69, 9.17) is 0 Å². The van der Waals surface area contributed by atoms with E-state index in [2.05, 4.69) is 39.3 Å². The van der Waals surface area contributed by atoms with Gasteiger partial charge < -0.3 is 20.1 Å². The number of amides is 1. The average molecular weight is 441 g/mol. The molecule has 1 amide bonds. The Morgan fingerprint density at radius 2 is 1.55 bits per heavy atom. The topological polar surface area (TPSA) is 75.1 Å². The summed E-state index contributed by atoms with van der Waals surface area (Å²) in [6.07, 6.45) is 3.94. The zero-order valence-electron chi connectivity index (χ0n) is 19.1. The molecule has 0 saturated carbocycles. The SMILES string of the molecule is CCN(CC)c1cc(Nc2ccc(NC(=O)c3ccc(-n4cccc4)cc3)cc2)nc(C)n1. The number of benzene rings is 2. The molecule has 4 aromatic rings. The molecular formula is C26H28N6O. The second-order valence-electron chi connectivity index (χ2n) is 7.62. The number of rotatable bonds is 8. The molecule has 0 saturated heterocycles. The highest BCUT2D eigenvalue weighted by atomic mass is 16.1. The van der Waals surface area contributed by atoms with Crippen molar-refractivity contribution in [3.8, 4) is 5.69 Å². The van der Waals surface area contributed by atoms with Crippen molar-refractivity contribution < 1.29 is 4.79 Å². The number of anilines is 4. The molecular weight excluding hydrogens is 412 g/mol. The first-order valence-electron chi connectivity index (χ1n) is 11.1. The minimum Gasteiger partial charge on any atom is -0.357 e. The molecule has 0 aliphatic carbocycles. The number of hydrogen-bond acceptors (Lipinski definition) is 5. The third-order valence-electron chi connectivity index (χ3n) is 5.36. The number of carbonyl (C=O) groups excluding carboxylic acids is 1. The van der Waals surface area contributed by atoms with Crippen LogP contribution in [-0.4, -0.2) is 33.5 Å². The van der Waals surface area contributed by atoms with Gasteiger partial charge >= 0.3 is 0 Å². The Kier molecular flexibility index (Phi) is 6.69. The Bertz CT molecular complexity index is 1200. The maximum absolute atomic E-state index is 12.6. The smallest absolute Gasteiger partial charge is 0.255 e. The van der Waals surface area contributed by atoms with Crippen LogP contribution >= 0.6 is 0 Å². The molecule has 2 N–H and O–H groups in total. The quantitative estimate of drug-likeness (QED) is 0.383. The van der Waals surface area contributed by atoms with Crippen molar-refractivity contribution in [2.75, 3.05) is 28.6 Å². The van der Waals surface area contributed by atoms with Crippen LogP contribution in [-0.2, 0) is 0 Å². The lowest BCUT2D eigenvalue weighted by Gasteiger charge is -2.20. The highest BCUT2D eigenvalue weighted by molar-refractivity contribution is 6.04. The Morgan fingerprint density at radius 3 is 2.18 bits per heavy atom. The van der Waals surface area contributed by atoms with E-state index in [-0.39, 0.29) is 5.91 Å².